The summed E-state index contributed by atoms with van der Waals surface area (Å²) in [4.78, 5) is 24.0. The lowest BCUT2D eigenvalue weighted by molar-refractivity contribution is -0.123. The first kappa shape index (κ1) is 22.5. The van der Waals surface area contributed by atoms with Gasteiger partial charge in [0.15, 0.2) is 11.5 Å². The van der Waals surface area contributed by atoms with Crippen LogP contribution in [0.2, 0.25) is 0 Å². The van der Waals surface area contributed by atoms with Gasteiger partial charge in [0.25, 0.3) is 6.47 Å². The molecular weight excluding hydrogens is 396 g/mol. The lowest BCUT2D eigenvalue weighted by atomic mass is 9.87. The molecule has 0 aliphatic carbocycles. The van der Waals surface area contributed by atoms with Gasteiger partial charge < -0.3 is 29.5 Å². The van der Waals surface area contributed by atoms with Crippen LogP contribution in [0.5, 0.6) is 17.2 Å². The van der Waals surface area contributed by atoms with Crippen LogP contribution in [0.4, 0.5) is 5.69 Å². The van der Waals surface area contributed by atoms with Crippen LogP contribution in [-0.2, 0) is 16.1 Å². The number of carbonyl (C=O) groups is 2. The maximum atomic E-state index is 12.3. The van der Waals surface area contributed by atoms with Crippen molar-refractivity contribution in [3.8, 4) is 17.2 Å². The third-order valence-electron chi connectivity index (χ3n) is 4.40. The number of rotatable bonds is 6. The predicted molar refractivity (Wildman–Crippen MR) is 112 cm³/mol. The number of ether oxygens (including phenoxy) is 3. The molecule has 8 nitrogen and oxygen atoms in total. The number of benzene rings is 1. The summed E-state index contributed by atoms with van der Waals surface area (Å²) in [5.41, 5.74) is 2.88. The summed E-state index contributed by atoms with van der Waals surface area (Å²) in [6, 6.07) is 3.98. The van der Waals surface area contributed by atoms with Crippen LogP contribution < -0.4 is 19.5 Å². The van der Waals surface area contributed by atoms with Gasteiger partial charge in [-0.05, 0) is 31.1 Å². The van der Waals surface area contributed by atoms with Gasteiger partial charge >= 0.3 is 0 Å². The predicted octanol–water partition coefficient (Wildman–Crippen LogP) is 3.01. The molecular formula is C20H26N2O6S. The van der Waals surface area contributed by atoms with E-state index in [0.29, 0.717) is 29.4 Å². The van der Waals surface area contributed by atoms with Crippen LogP contribution >= 0.6 is 11.3 Å². The molecule has 1 aliphatic heterocycles. The van der Waals surface area contributed by atoms with Crippen LogP contribution in [0, 0.1) is 0 Å². The minimum Gasteiger partial charge on any atom is -0.493 e. The van der Waals surface area contributed by atoms with Crippen LogP contribution in [0.1, 0.15) is 28.3 Å². The molecule has 0 fully saturated rings. The van der Waals surface area contributed by atoms with E-state index in [2.05, 4.69) is 21.7 Å². The van der Waals surface area contributed by atoms with Crippen LogP contribution in [-0.4, -0.2) is 57.8 Å². The molecule has 2 aromatic rings. The number of anilines is 1. The van der Waals surface area contributed by atoms with Crippen molar-refractivity contribution < 1.29 is 28.9 Å². The quantitative estimate of drug-likeness (QED) is 0.691. The summed E-state index contributed by atoms with van der Waals surface area (Å²) in [6.45, 7) is 0.616. The van der Waals surface area contributed by atoms with E-state index in [0.717, 1.165) is 17.0 Å². The Morgan fingerprint density at radius 2 is 1.86 bits per heavy atom. The lowest BCUT2D eigenvalue weighted by Gasteiger charge is -2.28. The number of carbonyl (C=O) groups excluding carboxylic acids is 1. The zero-order valence-electron chi connectivity index (χ0n) is 17.1. The number of thiophene rings is 1. The number of fused-ring (bicyclic) bond motifs is 1. The number of nitrogens with one attached hydrogen (secondary N) is 1. The zero-order valence-corrected chi connectivity index (χ0v) is 18.0. The maximum Gasteiger partial charge on any atom is 0.290 e. The highest BCUT2D eigenvalue weighted by Gasteiger charge is 2.34. The summed E-state index contributed by atoms with van der Waals surface area (Å²) in [6.07, 6.45) is 0.376. The molecule has 2 N–H and O–H groups in total. The van der Waals surface area contributed by atoms with E-state index in [1.165, 1.54) is 5.56 Å². The molecule has 9 heteroatoms. The molecule has 29 heavy (non-hydrogen) atoms. The normalized spacial score (nSPS) is 15.0. The molecule has 1 atom stereocenters. The number of nitrogens with zero attached hydrogens (tertiary/aromatic N) is 1. The third kappa shape index (κ3) is 4.99. The first-order valence-corrected chi connectivity index (χ1v) is 9.70. The molecule has 0 spiro atoms. The summed E-state index contributed by atoms with van der Waals surface area (Å²) in [5.74, 6) is 1.59. The molecule has 2 heterocycles. The highest BCUT2D eigenvalue weighted by molar-refractivity contribution is 7.10. The number of methoxy groups -OCH3 is 3. The van der Waals surface area contributed by atoms with E-state index in [-0.39, 0.29) is 18.3 Å². The maximum absolute atomic E-state index is 12.3. The molecule has 1 amide bonds. The summed E-state index contributed by atoms with van der Waals surface area (Å²) in [7, 11) is 8.85. The van der Waals surface area contributed by atoms with Gasteiger partial charge in [-0.15, -0.1) is 11.3 Å². The Hall–Kier alpha value is -2.78. The molecule has 0 saturated heterocycles. The van der Waals surface area contributed by atoms with Crippen molar-refractivity contribution in [3.05, 3.63) is 33.5 Å². The Morgan fingerprint density at radius 1 is 1.21 bits per heavy atom. The zero-order chi connectivity index (χ0) is 21.6. The van der Waals surface area contributed by atoms with Gasteiger partial charge in [0, 0.05) is 35.4 Å². The van der Waals surface area contributed by atoms with E-state index < -0.39 is 0 Å². The summed E-state index contributed by atoms with van der Waals surface area (Å²) >= 11 is 1.67. The van der Waals surface area contributed by atoms with Crippen LogP contribution in [0.25, 0.3) is 0 Å². The number of hydrogen-bond donors (Lipinski definition) is 2. The van der Waals surface area contributed by atoms with Gasteiger partial charge in [-0.3, -0.25) is 9.59 Å². The molecule has 0 saturated carbocycles. The molecule has 3 rings (SSSR count). The number of hydrogen-bond acceptors (Lipinski definition) is 7. The van der Waals surface area contributed by atoms with Crippen molar-refractivity contribution in [1.82, 2.24) is 4.90 Å². The highest BCUT2D eigenvalue weighted by Crippen LogP contribution is 2.51. The van der Waals surface area contributed by atoms with Gasteiger partial charge in [0.1, 0.15) is 0 Å². The van der Waals surface area contributed by atoms with E-state index in [1.54, 1.807) is 38.7 Å². The van der Waals surface area contributed by atoms with Crippen molar-refractivity contribution in [2.75, 3.05) is 40.7 Å². The highest BCUT2D eigenvalue weighted by atomic mass is 32.1. The summed E-state index contributed by atoms with van der Waals surface area (Å²) in [5, 5.41) is 12.0. The fraction of sp³-hybridized carbons (Fsp3) is 0.400. The Bertz CT molecular complexity index is 865. The summed E-state index contributed by atoms with van der Waals surface area (Å²) < 4.78 is 16.6. The Balaban J connectivity index is 0.000000941. The first-order chi connectivity index (χ1) is 13.9. The largest absolute Gasteiger partial charge is 0.493 e. The van der Waals surface area contributed by atoms with E-state index in [9.17, 15) is 4.79 Å². The first-order valence-electron chi connectivity index (χ1n) is 8.82. The number of amides is 1. The smallest absolute Gasteiger partial charge is 0.290 e. The lowest BCUT2D eigenvalue weighted by Crippen LogP contribution is -2.24. The van der Waals surface area contributed by atoms with Crippen molar-refractivity contribution in [2.24, 2.45) is 0 Å². The standard InChI is InChI=1S/C19H24N2O4S.CH2O2/c1-21(2)9-11-6-15(26-10-11)12-7-16(22)20-13-8-14(23-3)18(24-4)19(25-5)17(12)13;2-1-3/h6,8,10,12H,7,9H2,1-5H3,(H,20,22);1H,(H,2,3). The minimum atomic E-state index is -0.250. The van der Waals surface area contributed by atoms with Gasteiger partial charge in [-0.25, -0.2) is 0 Å². The molecule has 1 aliphatic rings. The van der Waals surface area contributed by atoms with Crippen molar-refractivity contribution in [2.45, 2.75) is 18.9 Å². The molecule has 158 valence electrons. The van der Waals surface area contributed by atoms with Crippen LogP contribution in [0.3, 0.4) is 0 Å². The van der Waals surface area contributed by atoms with Gasteiger partial charge in [0.05, 0.1) is 27.0 Å². The minimum absolute atomic E-state index is 0.0145. The SMILES string of the molecule is COc1cc2c(c(OC)c1OC)C(c1cc(CN(C)C)cs1)CC(=O)N2.O=CO. The topological polar surface area (TPSA) is 97.3 Å². The van der Waals surface area contributed by atoms with Gasteiger partial charge in [-0.1, -0.05) is 0 Å². The fourth-order valence-electron chi connectivity index (χ4n) is 3.38. The Kier molecular flexibility index (Phi) is 7.86. The molecule has 1 aromatic heterocycles. The van der Waals surface area contributed by atoms with E-state index in [4.69, 9.17) is 24.1 Å². The Morgan fingerprint density at radius 3 is 2.41 bits per heavy atom. The second-order valence-electron chi connectivity index (χ2n) is 6.61. The Labute approximate surface area is 174 Å². The van der Waals surface area contributed by atoms with E-state index in [1.807, 2.05) is 14.1 Å². The van der Waals surface area contributed by atoms with Crippen LogP contribution in [0.15, 0.2) is 17.5 Å². The molecule has 1 unspecified atom stereocenters. The second-order valence-corrected chi connectivity index (χ2v) is 7.55. The van der Waals surface area contributed by atoms with Crippen molar-refractivity contribution >= 4 is 29.4 Å². The molecule has 1 aromatic carbocycles. The van der Waals surface area contributed by atoms with E-state index >= 15 is 0 Å². The average molecular weight is 423 g/mol. The van der Waals surface area contributed by atoms with Gasteiger partial charge in [-0.2, -0.15) is 0 Å². The second kappa shape index (κ2) is 10.1. The average Bonchev–Trinajstić information content (AvgIpc) is 3.13. The molecule has 0 radical (unpaired) electrons. The number of carboxylic acid groups (broad SMARTS) is 1. The molecule has 0 bridgehead atoms. The fourth-order valence-corrected chi connectivity index (χ4v) is 4.40. The van der Waals surface area contributed by atoms with Gasteiger partial charge in [0.2, 0.25) is 11.7 Å². The monoisotopic (exact) mass is 422 g/mol. The third-order valence-corrected chi connectivity index (χ3v) is 5.49. The van der Waals surface area contributed by atoms with Crippen molar-refractivity contribution in [3.63, 3.8) is 0 Å². The van der Waals surface area contributed by atoms with Crippen molar-refractivity contribution in [1.29, 1.82) is 0 Å².